The van der Waals surface area contributed by atoms with Crippen LogP contribution in [0, 0.1) is 5.82 Å². The van der Waals surface area contributed by atoms with Crippen molar-refractivity contribution in [1.29, 1.82) is 0 Å². The van der Waals surface area contributed by atoms with Crippen LogP contribution < -0.4 is 5.73 Å². The van der Waals surface area contributed by atoms with Crippen LogP contribution in [0.4, 0.5) is 10.2 Å². The maximum atomic E-state index is 12.6. The van der Waals surface area contributed by atoms with Crippen LogP contribution in [-0.2, 0) is 0 Å². The molecule has 0 saturated heterocycles. The largest absolute Gasteiger partial charge is 0.384 e. The summed E-state index contributed by atoms with van der Waals surface area (Å²) in [6, 6.07) is 1.54. The van der Waals surface area contributed by atoms with Crippen molar-refractivity contribution in [2.24, 2.45) is 0 Å². The Hall–Kier alpha value is -1.75. The van der Waals surface area contributed by atoms with E-state index in [-0.39, 0.29) is 0 Å². The van der Waals surface area contributed by atoms with Crippen molar-refractivity contribution < 1.29 is 4.39 Å². The molecule has 0 bridgehead atoms. The van der Waals surface area contributed by atoms with E-state index in [1.54, 1.807) is 0 Å². The molecule has 2 N–H and O–H groups in total. The van der Waals surface area contributed by atoms with E-state index in [0.29, 0.717) is 22.2 Å². The van der Waals surface area contributed by atoms with Crippen molar-refractivity contribution in [2.75, 3.05) is 5.73 Å². The Balaban J connectivity index is 2.53. The SMILES string of the molecule is Nc1cc(-c2ncc(F)cn2)c(Cl)cn1. The van der Waals surface area contributed by atoms with Gasteiger partial charge in [0.1, 0.15) is 5.82 Å². The first-order valence-corrected chi connectivity index (χ1v) is 4.43. The van der Waals surface area contributed by atoms with Crippen LogP contribution in [0.5, 0.6) is 0 Å². The molecule has 0 aliphatic heterocycles. The summed E-state index contributed by atoms with van der Waals surface area (Å²) in [7, 11) is 0. The highest BCUT2D eigenvalue weighted by Gasteiger charge is 2.07. The lowest BCUT2D eigenvalue weighted by atomic mass is 10.2. The number of rotatable bonds is 1. The summed E-state index contributed by atoms with van der Waals surface area (Å²) in [4.78, 5) is 11.4. The maximum absolute atomic E-state index is 12.6. The number of nitrogens with zero attached hydrogens (tertiary/aromatic N) is 3. The van der Waals surface area contributed by atoms with E-state index in [1.165, 1.54) is 12.3 Å². The Labute approximate surface area is 90.0 Å². The summed E-state index contributed by atoms with van der Waals surface area (Å²) >= 11 is 5.88. The van der Waals surface area contributed by atoms with E-state index < -0.39 is 5.82 Å². The first kappa shape index (κ1) is 9.79. The number of halogens is 2. The van der Waals surface area contributed by atoms with Crippen molar-refractivity contribution >= 4 is 17.4 Å². The van der Waals surface area contributed by atoms with E-state index in [1.807, 2.05) is 0 Å². The second-order valence-corrected chi connectivity index (χ2v) is 3.22. The predicted molar refractivity (Wildman–Crippen MR) is 54.6 cm³/mol. The number of nitrogens with two attached hydrogens (primary N) is 1. The number of hydrogen-bond acceptors (Lipinski definition) is 4. The van der Waals surface area contributed by atoms with Crippen LogP contribution in [0.25, 0.3) is 11.4 Å². The number of hydrogen-bond donors (Lipinski definition) is 1. The smallest absolute Gasteiger partial charge is 0.161 e. The molecule has 0 unspecified atom stereocenters. The summed E-state index contributed by atoms with van der Waals surface area (Å²) in [5.41, 5.74) is 6.03. The van der Waals surface area contributed by atoms with Crippen molar-refractivity contribution in [1.82, 2.24) is 15.0 Å². The van der Waals surface area contributed by atoms with Crippen molar-refractivity contribution in [3.8, 4) is 11.4 Å². The molecule has 2 aromatic heterocycles. The lowest BCUT2D eigenvalue weighted by molar-refractivity contribution is 0.614. The van der Waals surface area contributed by atoms with Crippen LogP contribution in [0.3, 0.4) is 0 Å². The summed E-state index contributed by atoms with van der Waals surface area (Å²) in [5, 5.41) is 0.371. The Kier molecular flexibility index (Phi) is 2.47. The third-order valence-corrected chi connectivity index (χ3v) is 2.04. The molecule has 0 atom stereocenters. The molecule has 0 aliphatic carbocycles. The van der Waals surface area contributed by atoms with Crippen LogP contribution >= 0.6 is 11.6 Å². The van der Waals surface area contributed by atoms with Gasteiger partial charge >= 0.3 is 0 Å². The lowest BCUT2D eigenvalue weighted by Crippen LogP contribution is -1.94. The Morgan fingerprint density at radius 3 is 2.47 bits per heavy atom. The molecule has 0 radical (unpaired) electrons. The molecule has 0 amide bonds. The van der Waals surface area contributed by atoms with Gasteiger partial charge in [0.2, 0.25) is 0 Å². The van der Waals surface area contributed by atoms with Gasteiger partial charge in [-0.3, -0.25) is 0 Å². The standard InChI is InChI=1S/C9H6ClFN4/c10-7-4-13-8(12)1-6(7)9-14-2-5(11)3-15-9/h1-4H,(H2,12,13). The molecule has 2 heterocycles. The average Bonchev–Trinajstić information content (AvgIpc) is 2.23. The zero-order valence-electron chi connectivity index (χ0n) is 7.48. The quantitative estimate of drug-likeness (QED) is 0.804. The summed E-state index contributed by atoms with van der Waals surface area (Å²) in [6.45, 7) is 0. The number of nitrogen functional groups attached to an aromatic ring is 1. The molecule has 15 heavy (non-hydrogen) atoms. The Morgan fingerprint density at radius 1 is 1.13 bits per heavy atom. The van der Waals surface area contributed by atoms with E-state index in [9.17, 15) is 4.39 Å². The van der Waals surface area contributed by atoms with E-state index in [2.05, 4.69) is 15.0 Å². The molecule has 76 valence electrons. The van der Waals surface area contributed by atoms with Crippen molar-refractivity contribution in [2.45, 2.75) is 0 Å². The van der Waals surface area contributed by atoms with Gasteiger partial charge in [-0.25, -0.2) is 19.3 Å². The third-order valence-electron chi connectivity index (χ3n) is 1.74. The first-order chi connectivity index (χ1) is 7.16. The minimum Gasteiger partial charge on any atom is -0.384 e. The number of anilines is 1. The van der Waals surface area contributed by atoms with Crippen LogP contribution in [0.15, 0.2) is 24.7 Å². The number of aromatic nitrogens is 3. The van der Waals surface area contributed by atoms with Gasteiger partial charge in [-0.15, -0.1) is 0 Å². The minimum atomic E-state index is -0.503. The second-order valence-electron chi connectivity index (χ2n) is 2.81. The van der Waals surface area contributed by atoms with Crippen LogP contribution in [0.1, 0.15) is 0 Å². The fourth-order valence-corrected chi connectivity index (χ4v) is 1.27. The molecule has 6 heteroatoms. The number of pyridine rings is 1. The van der Waals surface area contributed by atoms with Crippen LogP contribution in [0.2, 0.25) is 5.02 Å². The predicted octanol–water partition coefficient (Wildman–Crippen LogP) is 1.91. The zero-order valence-corrected chi connectivity index (χ0v) is 8.24. The summed E-state index contributed by atoms with van der Waals surface area (Å²) < 4.78 is 12.6. The van der Waals surface area contributed by atoms with Crippen LogP contribution in [-0.4, -0.2) is 15.0 Å². The van der Waals surface area contributed by atoms with Gasteiger partial charge < -0.3 is 5.73 Å². The molecule has 0 saturated carbocycles. The summed E-state index contributed by atoms with van der Waals surface area (Å²) in [6.07, 6.45) is 3.53. The van der Waals surface area contributed by atoms with Gasteiger partial charge in [0.05, 0.1) is 17.4 Å². The van der Waals surface area contributed by atoms with E-state index >= 15 is 0 Å². The van der Waals surface area contributed by atoms with Gasteiger partial charge in [0.25, 0.3) is 0 Å². The molecule has 0 fully saturated rings. The fourth-order valence-electron chi connectivity index (χ4n) is 1.08. The molecule has 0 spiro atoms. The molecule has 0 aliphatic rings. The highest BCUT2D eigenvalue weighted by molar-refractivity contribution is 6.33. The Bertz CT molecular complexity index is 486. The molecule has 0 aromatic carbocycles. The first-order valence-electron chi connectivity index (χ1n) is 4.06. The molecular formula is C9H6ClFN4. The molecule has 2 aromatic rings. The monoisotopic (exact) mass is 224 g/mol. The van der Waals surface area contributed by atoms with Gasteiger partial charge in [-0.1, -0.05) is 11.6 Å². The van der Waals surface area contributed by atoms with Crippen molar-refractivity contribution in [3.63, 3.8) is 0 Å². The third kappa shape index (κ3) is 2.02. The van der Waals surface area contributed by atoms with Gasteiger partial charge in [-0.2, -0.15) is 0 Å². The minimum absolute atomic E-state index is 0.308. The normalized spacial score (nSPS) is 10.3. The average molecular weight is 225 g/mol. The molecular weight excluding hydrogens is 219 g/mol. The summed E-state index contributed by atoms with van der Waals surface area (Å²) in [5.74, 6) is 0.120. The fraction of sp³-hybridized carbons (Fsp3) is 0. The van der Waals surface area contributed by atoms with E-state index in [4.69, 9.17) is 17.3 Å². The van der Waals surface area contributed by atoms with E-state index in [0.717, 1.165) is 12.4 Å². The zero-order chi connectivity index (χ0) is 10.8. The van der Waals surface area contributed by atoms with Gasteiger partial charge in [0, 0.05) is 11.8 Å². The van der Waals surface area contributed by atoms with Gasteiger partial charge in [0.15, 0.2) is 11.6 Å². The second kappa shape index (κ2) is 3.78. The molecule has 4 nitrogen and oxygen atoms in total. The maximum Gasteiger partial charge on any atom is 0.161 e. The van der Waals surface area contributed by atoms with Crippen molar-refractivity contribution in [3.05, 3.63) is 35.5 Å². The molecule has 2 rings (SSSR count). The Morgan fingerprint density at radius 2 is 1.80 bits per heavy atom. The highest BCUT2D eigenvalue weighted by atomic mass is 35.5. The van der Waals surface area contributed by atoms with Gasteiger partial charge in [-0.05, 0) is 6.07 Å². The highest BCUT2D eigenvalue weighted by Crippen LogP contribution is 2.25. The topological polar surface area (TPSA) is 64.7 Å². The lowest BCUT2D eigenvalue weighted by Gasteiger charge is -2.02.